The number of benzene rings is 1. The van der Waals surface area contributed by atoms with Gasteiger partial charge in [-0.15, -0.1) is 0 Å². The van der Waals surface area contributed by atoms with Gasteiger partial charge >= 0.3 is 11.7 Å². The Hall–Kier alpha value is -1.36. The van der Waals surface area contributed by atoms with Crippen molar-refractivity contribution < 1.29 is 29.7 Å². The SMILES string of the molecule is [B]C1(O)Oc2c(cc(CBr)cc2[N+](=O)[O-])OC1(O)O. The van der Waals surface area contributed by atoms with Crippen molar-refractivity contribution in [3.8, 4) is 11.5 Å². The maximum Gasteiger partial charge on any atom is 0.380 e. The Balaban J connectivity index is 2.63. The number of halogens is 1. The van der Waals surface area contributed by atoms with E-state index < -0.39 is 28.0 Å². The van der Waals surface area contributed by atoms with Crippen LogP contribution < -0.4 is 9.47 Å². The highest BCUT2D eigenvalue weighted by Crippen LogP contribution is 2.46. The quantitative estimate of drug-likeness (QED) is 0.224. The van der Waals surface area contributed by atoms with E-state index in [1.807, 2.05) is 0 Å². The highest BCUT2D eigenvalue weighted by Gasteiger charge is 2.54. The molecular weight excluding hydrogens is 325 g/mol. The van der Waals surface area contributed by atoms with E-state index in [1.165, 1.54) is 12.1 Å². The number of fused-ring (bicyclic) bond motifs is 1. The molecule has 3 N–H and O–H groups in total. The summed E-state index contributed by atoms with van der Waals surface area (Å²) in [4.78, 5) is 10.1. The van der Waals surface area contributed by atoms with Gasteiger partial charge in [-0.05, 0) is 11.6 Å². The van der Waals surface area contributed by atoms with E-state index in [2.05, 4.69) is 25.4 Å². The van der Waals surface area contributed by atoms with Crippen molar-refractivity contribution in [1.29, 1.82) is 0 Å². The van der Waals surface area contributed by atoms with Gasteiger partial charge in [0.05, 0.1) is 4.92 Å². The molecular formula is C9H7BBrNO7. The lowest BCUT2D eigenvalue weighted by Crippen LogP contribution is -2.64. The highest BCUT2D eigenvalue weighted by molar-refractivity contribution is 9.08. The van der Waals surface area contributed by atoms with E-state index in [0.29, 0.717) is 5.56 Å². The van der Waals surface area contributed by atoms with Gasteiger partial charge in [-0.1, -0.05) is 15.9 Å². The van der Waals surface area contributed by atoms with Crippen LogP contribution in [0.2, 0.25) is 0 Å². The zero-order valence-corrected chi connectivity index (χ0v) is 10.8. The Morgan fingerprint density at radius 1 is 1.37 bits per heavy atom. The molecule has 19 heavy (non-hydrogen) atoms. The van der Waals surface area contributed by atoms with Gasteiger partial charge in [0, 0.05) is 11.4 Å². The van der Waals surface area contributed by atoms with Gasteiger partial charge in [0.2, 0.25) is 11.4 Å². The second kappa shape index (κ2) is 4.34. The predicted octanol–water partition coefficient (Wildman–Crippen LogP) is -0.286. The molecule has 1 heterocycles. The lowest BCUT2D eigenvalue weighted by Gasteiger charge is -2.40. The molecule has 8 nitrogen and oxygen atoms in total. The lowest BCUT2D eigenvalue weighted by atomic mass is 9.90. The van der Waals surface area contributed by atoms with Crippen LogP contribution in [0.3, 0.4) is 0 Å². The Bertz CT molecular complexity index is 548. The summed E-state index contributed by atoms with van der Waals surface area (Å²) in [5.74, 6) is -4.04. The first-order chi connectivity index (χ1) is 8.68. The fourth-order valence-corrected chi connectivity index (χ4v) is 1.81. The number of ether oxygens (including phenoxy) is 2. The van der Waals surface area contributed by atoms with Crippen molar-refractivity contribution in [2.24, 2.45) is 0 Å². The minimum atomic E-state index is -3.24. The van der Waals surface area contributed by atoms with Crippen LogP contribution >= 0.6 is 15.9 Å². The van der Waals surface area contributed by atoms with E-state index in [4.69, 9.17) is 7.85 Å². The van der Waals surface area contributed by atoms with Crippen LogP contribution in [-0.4, -0.2) is 39.7 Å². The molecule has 10 heteroatoms. The van der Waals surface area contributed by atoms with E-state index in [1.54, 1.807) is 0 Å². The van der Waals surface area contributed by atoms with Gasteiger partial charge in [0.15, 0.2) is 13.6 Å². The molecule has 0 aromatic heterocycles. The molecule has 1 aromatic rings. The number of nitro benzene ring substituents is 1. The summed E-state index contributed by atoms with van der Waals surface area (Å²) >= 11 is 3.10. The average molecular weight is 332 g/mol. The smallest absolute Gasteiger partial charge is 0.380 e. The first-order valence-corrected chi connectivity index (χ1v) is 6.01. The molecule has 0 saturated heterocycles. The maximum atomic E-state index is 10.9. The summed E-state index contributed by atoms with van der Waals surface area (Å²) in [5, 5.41) is 39.5. The van der Waals surface area contributed by atoms with Crippen molar-refractivity contribution >= 4 is 29.5 Å². The Morgan fingerprint density at radius 3 is 2.53 bits per heavy atom. The molecule has 100 valence electrons. The van der Waals surface area contributed by atoms with Crippen molar-refractivity contribution in [1.82, 2.24) is 0 Å². The number of nitro groups is 1. The van der Waals surface area contributed by atoms with Crippen LogP contribution in [0.4, 0.5) is 5.69 Å². The fraction of sp³-hybridized carbons (Fsp3) is 0.333. The maximum absolute atomic E-state index is 10.9. The fourth-order valence-electron chi connectivity index (χ4n) is 1.48. The molecule has 2 rings (SSSR count). The zero-order chi connectivity index (χ0) is 14.4. The molecule has 0 saturated carbocycles. The topological polar surface area (TPSA) is 122 Å². The monoisotopic (exact) mass is 331 g/mol. The minimum absolute atomic E-state index is 0.265. The van der Waals surface area contributed by atoms with Crippen molar-refractivity contribution in [3.05, 3.63) is 27.8 Å². The van der Waals surface area contributed by atoms with E-state index in [-0.39, 0.29) is 11.1 Å². The summed E-state index contributed by atoms with van der Waals surface area (Å²) in [5.41, 5.74) is -3.13. The third-order valence-electron chi connectivity index (χ3n) is 2.42. The largest absolute Gasteiger partial charge is 0.452 e. The summed E-state index contributed by atoms with van der Waals surface area (Å²) in [6, 6.07) is 2.46. The van der Waals surface area contributed by atoms with Crippen LogP contribution in [-0.2, 0) is 5.33 Å². The second-order valence-corrected chi connectivity index (χ2v) is 4.40. The van der Waals surface area contributed by atoms with E-state index >= 15 is 0 Å². The third kappa shape index (κ3) is 2.27. The number of hydrogen-bond donors (Lipinski definition) is 3. The molecule has 2 radical (unpaired) electrons. The number of hydrogen-bond acceptors (Lipinski definition) is 7. The molecule has 0 amide bonds. The zero-order valence-electron chi connectivity index (χ0n) is 9.24. The van der Waals surface area contributed by atoms with Gasteiger partial charge in [0.25, 0.3) is 0 Å². The van der Waals surface area contributed by atoms with Crippen LogP contribution in [0.1, 0.15) is 5.56 Å². The van der Waals surface area contributed by atoms with Crippen molar-refractivity contribution in [2.45, 2.75) is 17.0 Å². The molecule has 1 aromatic carbocycles. The Kier molecular flexibility index (Phi) is 3.21. The predicted molar refractivity (Wildman–Crippen MR) is 64.9 cm³/mol. The van der Waals surface area contributed by atoms with Gasteiger partial charge in [-0.3, -0.25) is 10.1 Å². The average Bonchev–Trinajstić information content (AvgIpc) is 2.28. The summed E-state index contributed by atoms with van der Waals surface area (Å²) in [7, 11) is 5.09. The molecule has 0 spiro atoms. The highest BCUT2D eigenvalue weighted by atomic mass is 79.9. The van der Waals surface area contributed by atoms with Gasteiger partial charge in [0.1, 0.15) is 0 Å². The first kappa shape index (κ1) is 14.1. The number of rotatable bonds is 2. The summed E-state index contributed by atoms with van der Waals surface area (Å²) in [6.07, 6.45) is 0. The third-order valence-corrected chi connectivity index (χ3v) is 3.07. The summed E-state index contributed by atoms with van der Waals surface area (Å²) < 4.78 is 9.33. The van der Waals surface area contributed by atoms with Crippen LogP contribution in [0.5, 0.6) is 11.5 Å². The van der Waals surface area contributed by atoms with Crippen molar-refractivity contribution in [2.75, 3.05) is 0 Å². The van der Waals surface area contributed by atoms with Gasteiger partial charge in [-0.25, -0.2) is 0 Å². The Morgan fingerprint density at radius 2 is 2.00 bits per heavy atom. The Labute approximate surface area is 116 Å². The first-order valence-electron chi connectivity index (χ1n) is 4.89. The van der Waals surface area contributed by atoms with E-state index in [9.17, 15) is 25.4 Å². The molecule has 1 unspecified atom stereocenters. The van der Waals surface area contributed by atoms with Gasteiger partial charge in [-0.2, -0.15) is 0 Å². The molecule has 0 aliphatic carbocycles. The molecule has 0 fully saturated rings. The molecule has 1 aliphatic rings. The number of aliphatic hydroxyl groups is 3. The summed E-state index contributed by atoms with van der Waals surface area (Å²) in [6.45, 7) is 0. The second-order valence-electron chi connectivity index (χ2n) is 3.84. The van der Waals surface area contributed by atoms with Crippen LogP contribution in [0.25, 0.3) is 0 Å². The standard InChI is InChI=1S/C9H7BBrNO7/c10-8(13)9(14,15)18-6-2-4(3-11)1-5(12(16)17)7(6)19-8/h1-2,13-15H,3H2. The molecule has 1 aliphatic heterocycles. The van der Waals surface area contributed by atoms with Crippen LogP contribution in [0, 0.1) is 10.1 Å². The van der Waals surface area contributed by atoms with Crippen molar-refractivity contribution in [3.63, 3.8) is 0 Å². The molecule has 0 bridgehead atoms. The lowest BCUT2D eigenvalue weighted by molar-refractivity contribution is -0.412. The number of alkyl halides is 1. The number of nitrogens with zero attached hydrogens (tertiary/aromatic N) is 1. The molecule has 1 atom stereocenters. The minimum Gasteiger partial charge on any atom is -0.452 e. The normalized spacial score (nSPS) is 24.0. The van der Waals surface area contributed by atoms with Gasteiger partial charge < -0.3 is 24.8 Å². The van der Waals surface area contributed by atoms with Crippen LogP contribution in [0.15, 0.2) is 12.1 Å². The van der Waals surface area contributed by atoms with E-state index in [0.717, 1.165) is 0 Å².